The highest BCUT2D eigenvalue weighted by molar-refractivity contribution is 6.07. The van der Waals surface area contributed by atoms with Gasteiger partial charge in [0, 0.05) is 24.5 Å². The minimum atomic E-state index is -0.533. The Hall–Kier alpha value is -3.49. The third kappa shape index (κ3) is 3.93. The van der Waals surface area contributed by atoms with Gasteiger partial charge in [-0.15, -0.1) is 0 Å². The van der Waals surface area contributed by atoms with Crippen LogP contribution in [0.2, 0.25) is 0 Å². The lowest BCUT2D eigenvalue weighted by Crippen LogP contribution is -2.33. The largest absolute Gasteiger partial charge is 0.403 e. The van der Waals surface area contributed by atoms with Crippen molar-refractivity contribution in [2.24, 2.45) is 10.7 Å². The summed E-state index contributed by atoms with van der Waals surface area (Å²) in [5, 5.41) is 3.85. The van der Waals surface area contributed by atoms with Gasteiger partial charge in [0.1, 0.15) is 18.1 Å². The first kappa shape index (κ1) is 19.3. The van der Waals surface area contributed by atoms with Crippen molar-refractivity contribution in [2.45, 2.75) is 26.9 Å². The van der Waals surface area contributed by atoms with E-state index in [1.807, 2.05) is 0 Å². The van der Waals surface area contributed by atoms with Crippen LogP contribution in [0.3, 0.4) is 0 Å². The number of hydrogen-bond acceptors (Lipinski definition) is 6. The fourth-order valence-electron chi connectivity index (χ4n) is 2.92. The zero-order chi connectivity index (χ0) is 20.3. The molecule has 28 heavy (non-hydrogen) atoms. The molecule has 0 bridgehead atoms. The Balaban J connectivity index is 1.71. The summed E-state index contributed by atoms with van der Waals surface area (Å²) < 4.78 is 18.4. The number of nitrogens with two attached hydrogens (primary N) is 1. The van der Waals surface area contributed by atoms with Gasteiger partial charge >= 0.3 is 6.03 Å². The summed E-state index contributed by atoms with van der Waals surface area (Å²) in [4.78, 5) is 31.6. The normalized spacial score (nSPS) is 15.3. The van der Waals surface area contributed by atoms with E-state index in [0.717, 1.165) is 22.4 Å². The molecule has 0 unspecified atom stereocenters. The van der Waals surface area contributed by atoms with Crippen molar-refractivity contribution in [3.8, 4) is 0 Å². The summed E-state index contributed by atoms with van der Waals surface area (Å²) in [7, 11) is 0. The van der Waals surface area contributed by atoms with Crippen molar-refractivity contribution >= 4 is 18.2 Å². The highest BCUT2D eigenvalue weighted by atomic mass is 19.1. The summed E-state index contributed by atoms with van der Waals surface area (Å²) in [6.07, 6.45) is 2.52. The Morgan fingerprint density at radius 2 is 2.18 bits per heavy atom. The summed E-state index contributed by atoms with van der Waals surface area (Å²) in [6, 6.07) is 5.35. The molecular formula is C19H20FN5O3. The summed E-state index contributed by atoms with van der Waals surface area (Å²) in [6.45, 7) is 3.86. The number of rotatable bonds is 6. The lowest BCUT2D eigenvalue weighted by molar-refractivity contribution is -0.123. The van der Waals surface area contributed by atoms with Crippen LogP contribution < -0.4 is 5.73 Å². The minimum absolute atomic E-state index is 0.118. The number of carbonyl (C=O) groups excluding carboxylic acids is 2. The highest BCUT2D eigenvalue weighted by Crippen LogP contribution is 2.19. The molecule has 0 atom stereocenters. The molecule has 1 aromatic carbocycles. The SMILES string of the molecule is Cc1noc(C)c1CN=CC(=CN)N1C(=O)CN(Cc2cccc(F)c2)C1=O. The minimum Gasteiger partial charge on any atom is -0.403 e. The standard InChI is InChI=1S/C19H20FN5O3/c1-12-17(13(2)28-23-12)9-22-8-16(7-21)25-18(26)11-24(19(25)27)10-14-4-3-5-15(20)6-14/h3-8H,9-11,21H2,1-2H3. The van der Waals surface area contributed by atoms with Crippen LogP contribution in [0.25, 0.3) is 0 Å². The van der Waals surface area contributed by atoms with Crippen LogP contribution in [0.15, 0.2) is 45.7 Å². The van der Waals surface area contributed by atoms with Gasteiger partial charge in [0.15, 0.2) is 0 Å². The Labute approximate surface area is 161 Å². The van der Waals surface area contributed by atoms with E-state index < -0.39 is 17.8 Å². The van der Waals surface area contributed by atoms with Gasteiger partial charge in [-0.2, -0.15) is 0 Å². The fourth-order valence-corrected chi connectivity index (χ4v) is 2.92. The van der Waals surface area contributed by atoms with Crippen LogP contribution in [0.1, 0.15) is 22.6 Å². The Morgan fingerprint density at radius 1 is 1.39 bits per heavy atom. The molecule has 0 aliphatic carbocycles. The number of benzene rings is 1. The predicted molar refractivity (Wildman–Crippen MR) is 99.5 cm³/mol. The maximum atomic E-state index is 13.4. The number of aliphatic imine (C=N–C) groups is 1. The van der Waals surface area contributed by atoms with Crippen molar-refractivity contribution in [3.63, 3.8) is 0 Å². The first-order chi connectivity index (χ1) is 13.4. The Bertz CT molecular complexity index is 947. The molecule has 0 saturated carbocycles. The van der Waals surface area contributed by atoms with Gasteiger partial charge in [-0.25, -0.2) is 14.1 Å². The van der Waals surface area contributed by atoms with Crippen LogP contribution in [0, 0.1) is 19.7 Å². The molecule has 1 fully saturated rings. The molecule has 2 heterocycles. The average molecular weight is 385 g/mol. The number of nitrogens with zero attached hydrogens (tertiary/aromatic N) is 4. The van der Waals surface area contributed by atoms with Gasteiger partial charge in [-0.3, -0.25) is 9.79 Å². The molecule has 0 radical (unpaired) electrons. The highest BCUT2D eigenvalue weighted by Gasteiger charge is 2.37. The second-order valence-electron chi connectivity index (χ2n) is 6.36. The van der Waals surface area contributed by atoms with Crippen molar-refractivity contribution in [2.75, 3.05) is 6.54 Å². The quantitative estimate of drug-likeness (QED) is 0.607. The first-order valence-electron chi connectivity index (χ1n) is 8.60. The lowest BCUT2D eigenvalue weighted by atomic mass is 10.2. The zero-order valence-electron chi connectivity index (χ0n) is 15.6. The summed E-state index contributed by atoms with van der Waals surface area (Å²) in [5.74, 6) is -0.175. The van der Waals surface area contributed by atoms with Crippen LogP contribution in [-0.2, 0) is 17.9 Å². The maximum absolute atomic E-state index is 13.4. The van der Waals surface area contributed by atoms with Crippen LogP contribution in [0.4, 0.5) is 9.18 Å². The van der Waals surface area contributed by atoms with Crippen LogP contribution in [-0.4, -0.2) is 39.7 Å². The number of aryl methyl sites for hydroxylation is 2. The van der Waals surface area contributed by atoms with Crippen molar-refractivity contribution in [3.05, 3.63) is 64.6 Å². The van der Waals surface area contributed by atoms with E-state index in [1.165, 1.54) is 23.2 Å². The monoisotopic (exact) mass is 385 g/mol. The number of carbonyl (C=O) groups is 2. The number of allylic oxidation sites excluding steroid dienone is 1. The number of imide groups is 1. The Kier molecular flexibility index (Phi) is 5.53. The molecule has 8 nitrogen and oxygen atoms in total. The molecule has 146 valence electrons. The molecule has 3 amide bonds. The molecule has 1 saturated heterocycles. The second kappa shape index (κ2) is 8.03. The number of urea groups is 1. The third-order valence-electron chi connectivity index (χ3n) is 4.38. The van der Waals surface area contributed by atoms with Crippen molar-refractivity contribution in [1.82, 2.24) is 15.0 Å². The second-order valence-corrected chi connectivity index (χ2v) is 6.36. The fraction of sp³-hybridized carbons (Fsp3) is 0.263. The van der Waals surface area contributed by atoms with E-state index in [9.17, 15) is 14.0 Å². The van der Waals surface area contributed by atoms with Crippen molar-refractivity contribution < 1.29 is 18.5 Å². The van der Waals surface area contributed by atoms with Gasteiger partial charge in [0.05, 0.1) is 17.9 Å². The number of amides is 3. The number of aromatic nitrogens is 1. The Morgan fingerprint density at radius 3 is 2.82 bits per heavy atom. The van der Waals surface area contributed by atoms with E-state index in [-0.39, 0.29) is 25.3 Å². The molecule has 1 aliphatic rings. The van der Waals surface area contributed by atoms with E-state index in [0.29, 0.717) is 11.3 Å². The molecule has 2 N–H and O–H groups in total. The van der Waals surface area contributed by atoms with E-state index in [4.69, 9.17) is 10.3 Å². The molecule has 2 aromatic rings. The molecule has 1 aromatic heterocycles. The van der Waals surface area contributed by atoms with Crippen LogP contribution >= 0.6 is 0 Å². The molecule has 9 heteroatoms. The maximum Gasteiger partial charge on any atom is 0.332 e. The number of halogens is 1. The molecule has 3 rings (SSSR count). The zero-order valence-corrected chi connectivity index (χ0v) is 15.6. The molecular weight excluding hydrogens is 365 g/mol. The van der Waals surface area contributed by atoms with E-state index in [2.05, 4.69) is 10.1 Å². The van der Waals surface area contributed by atoms with Crippen LogP contribution in [0.5, 0.6) is 0 Å². The average Bonchev–Trinajstić information content (AvgIpc) is 3.12. The van der Waals surface area contributed by atoms with Gasteiger partial charge in [0.2, 0.25) is 0 Å². The first-order valence-corrected chi connectivity index (χ1v) is 8.60. The van der Waals surface area contributed by atoms with Gasteiger partial charge in [-0.05, 0) is 31.5 Å². The topological polar surface area (TPSA) is 105 Å². The lowest BCUT2D eigenvalue weighted by Gasteiger charge is -2.17. The smallest absolute Gasteiger partial charge is 0.332 e. The third-order valence-corrected chi connectivity index (χ3v) is 4.38. The molecule has 0 spiro atoms. The van der Waals surface area contributed by atoms with E-state index >= 15 is 0 Å². The van der Waals surface area contributed by atoms with Crippen molar-refractivity contribution in [1.29, 1.82) is 0 Å². The van der Waals surface area contributed by atoms with E-state index in [1.54, 1.807) is 26.0 Å². The van der Waals surface area contributed by atoms with Gasteiger partial charge in [0.25, 0.3) is 5.91 Å². The summed E-state index contributed by atoms with van der Waals surface area (Å²) >= 11 is 0. The number of hydrogen-bond donors (Lipinski definition) is 1. The van der Waals surface area contributed by atoms with Gasteiger partial charge < -0.3 is 15.2 Å². The summed E-state index contributed by atoms with van der Waals surface area (Å²) in [5.41, 5.74) is 7.93. The molecule has 1 aliphatic heterocycles. The van der Waals surface area contributed by atoms with Gasteiger partial charge in [-0.1, -0.05) is 17.3 Å². The predicted octanol–water partition coefficient (Wildman–Crippen LogP) is 2.27.